The van der Waals surface area contributed by atoms with Crippen LogP contribution in [0.4, 0.5) is 5.69 Å². The maximum Gasteiger partial charge on any atom is 0.336 e. The van der Waals surface area contributed by atoms with Crippen LogP contribution in [0.25, 0.3) is 0 Å². The Balaban J connectivity index is 1.51. The quantitative estimate of drug-likeness (QED) is 0.129. The fraction of sp³-hybridized carbons (Fsp3) is 0.154. The second kappa shape index (κ2) is 9.41. The molecule has 1 aliphatic carbocycles. The number of aromatic hydroxyl groups is 3. The van der Waals surface area contributed by atoms with E-state index in [0.29, 0.717) is 12.0 Å². The van der Waals surface area contributed by atoms with Gasteiger partial charge in [0.05, 0.1) is 33.5 Å². The minimum Gasteiger partial charge on any atom is -0.507 e. The van der Waals surface area contributed by atoms with Gasteiger partial charge in [0, 0.05) is 24.7 Å². The van der Waals surface area contributed by atoms with E-state index in [4.69, 9.17) is 0 Å². The Kier molecular flexibility index (Phi) is 6.35. The summed E-state index contributed by atoms with van der Waals surface area (Å²) in [4.78, 5) is 50.0. The lowest BCUT2D eigenvalue weighted by Gasteiger charge is -2.23. The lowest BCUT2D eigenvalue weighted by Crippen LogP contribution is -2.28. The number of rotatable bonds is 7. The summed E-state index contributed by atoms with van der Waals surface area (Å²) in [5.41, 5.74) is -0.412. The largest absolute Gasteiger partial charge is 0.507 e. The van der Waals surface area contributed by atoms with Crippen LogP contribution in [0.1, 0.15) is 64.5 Å². The number of aromatic carboxylic acids is 1. The average molecular weight is 490 g/mol. The molecule has 0 spiro atoms. The fourth-order valence-corrected chi connectivity index (χ4v) is 4.20. The third-order valence-electron chi connectivity index (χ3n) is 5.82. The van der Waals surface area contributed by atoms with E-state index < -0.39 is 34.9 Å². The summed E-state index contributed by atoms with van der Waals surface area (Å²) in [6.07, 6.45) is 0.314. The maximum atomic E-state index is 13.3. The van der Waals surface area contributed by atoms with Crippen LogP contribution in [0.3, 0.4) is 0 Å². The van der Waals surface area contributed by atoms with Gasteiger partial charge in [-0.25, -0.2) is 4.79 Å². The number of benzene rings is 3. The van der Waals surface area contributed by atoms with Crippen molar-refractivity contribution in [2.24, 2.45) is 0 Å². The Morgan fingerprint density at radius 1 is 0.806 bits per heavy atom. The van der Waals surface area contributed by atoms with Crippen LogP contribution < -0.4 is 10.6 Å². The Morgan fingerprint density at radius 3 is 2.17 bits per heavy atom. The van der Waals surface area contributed by atoms with Gasteiger partial charge in [0.2, 0.25) is 5.78 Å². The van der Waals surface area contributed by atoms with E-state index >= 15 is 0 Å². The number of amides is 1. The van der Waals surface area contributed by atoms with Crippen molar-refractivity contribution in [1.82, 2.24) is 5.32 Å². The van der Waals surface area contributed by atoms with E-state index in [1.807, 2.05) is 0 Å². The number of hydrogen-bond donors (Lipinski definition) is 6. The molecular formula is C26H22N2O8. The predicted octanol–water partition coefficient (Wildman–Crippen LogP) is 2.82. The van der Waals surface area contributed by atoms with E-state index in [1.165, 1.54) is 30.3 Å². The molecule has 36 heavy (non-hydrogen) atoms. The fourth-order valence-electron chi connectivity index (χ4n) is 4.20. The molecule has 6 N–H and O–H groups in total. The van der Waals surface area contributed by atoms with Gasteiger partial charge in [-0.2, -0.15) is 0 Å². The van der Waals surface area contributed by atoms with E-state index in [2.05, 4.69) is 10.6 Å². The summed E-state index contributed by atoms with van der Waals surface area (Å²) in [7, 11) is 0. The normalized spacial score (nSPS) is 12.0. The van der Waals surface area contributed by atoms with Crippen LogP contribution >= 0.6 is 0 Å². The molecule has 0 aliphatic heterocycles. The third-order valence-corrected chi connectivity index (χ3v) is 5.82. The highest BCUT2D eigenvalue weighted by atomic mass is 16.4. The summed E-state index contributed by atoms with van der Waals surface area (Å²) in [5, 5.41) is 45.7. The van der Waals surface area contributed by atoms with Crippen molar-refractivity contribution in [2.45, 2.75) is 13.3 Å². The van der Waals surface area contributed by atoms with Crippen molar-refractivity contribution >= 4 is 29.1 Å². The second-order valence-corrected chi connectivity index (χ2v) is 8.29. The zero-order valence-corrected chi connectivity index (χ0v) is 19.1. The molecule has 0 radical (unpaired) electrons. The lowest BCUT2D eigenvalue weighted by atomic mass is 9.81. The van der Waals surface area contributed by atoms with Crippen LogP contribution in [-0.4, -0.2) is 57.0 Å². The van der Waals surface area contributed by atoms with Crippen LogP contribution in [0, 0.1) is 6.92 Å². The highest BCUT2D eigenvalue weighted by Crippen LogP contribution is 2.44. The molecule has 0 saturated carbocycles. The van der Waals surface area contributed by atoms with Crippen LogP contribution in [0.15, 0.2) is 42.5 Å². The molecule has 4 rings (SSSR count). The Bertz CT molecular complexity index is 1440. The van der Waals surface area contributed by atoms with Gasteiger partial charge in [0.1, 0.15) is 17.2 Å². The lowest BCUT2D eigenvalue weighted by molar-refractivity contribution is 0.0690. The van der Waals surface area contributed by atoms with Crippen molar-refractivity contribution in [3.63, 3.8) is 0 Å². The SMILES string of the molecule is Cc1cc(O)c2c(c1)C(=O)c1c(NCCCNC(=O)c3ccccc3C(=O)O)c(O)cc(O)c1C2=O. The highest BCUT2D eigenvalue weighted by Gasteiger charge is 2.37. The number of hydrogen-bond acceptors (Lipinski definition) is 8. The molecule has 1 amide bonds. The first kappa shape index (κ1) is 24.3. The standard InChI is InChI=1S/C26H22N2O8/c1-12-9-15-19(16(29)10-12)24(33)20-17(30)11-18(31)22(21(20)23(15)32)27-7-4-8-28-25(34)13-5-2-3-6-14(13)26(35)36/h2-3,5-6,9-11,27,29-31H,4,7-8H2,1H3,(H,28,34)(H,35,36). The number of carbonyl (C=O) groups is 4. The van der Waals surface area contributed by atoms with E-state index in [9.17, 15) is 39.6 Å². The number of carbonyl (C=O) groups excluding carboxylic acids is 3. The van der Waals surface area contributed by atoms with E-state index in [-0.39, 0.29) is 57.9 Å². The predicted molar refractivity (Wildman–Crippen MR) is 128 cm³/mol. The summed E-state index contributed by atoms with van der Waals surface area (Å²) in [6.45, 7) is 1.94. The number of fused-ring (bicyclic) bond motifs is 2. The summed E-state index contributed by atoms with van der Waals surface area (Å²) in [6, 6.07) is 9.53. The average Bonchev–Trinajstić information content (AvgIpc) is 2.82. The second-order valence-electron chi connectivity index (χ2n) is 8.29. The molecule has 0 fully saturated rings. The van der Waals surface area contributed by atoms with Crippen molar-refractivity contribution in [3.05, 3.63) is 81.4 Å². The molecule has 0 heterocycles. The first-order chi connectivity index (χ1) is 17.1. The first-order valence-corrected chi connectivity index (χ1v) is 11.0. The van der Waals surface area contributed by atoms with Crippen LogP contribution in [-0.2, 0) is 0 Å². The molecule has 0 aromatic heterocycles. The molecule has 0 atom stereocenters. The van der Waals surface area contributed by atoms with E-state index in [0.717, 1.165) is 6.07 Å². The number of anilines is 1. The molecule has 1 aliphatic rings. The van der Waals surface area contributed by atoms with Gasteiger partial charge in [0.25, 0.3) is 5.91 Å². The molecule has 0 saturated heterocycles. The molecular weight excluding hydrogens is 468 g/mol. The van der Waals surface area contributed by atoms with Crippen molar-refractivity contribution in [1.29, 1.82) is 0 Å². The molecule has 3 aromatic rings. The number of carboxylic acids is 1. The third kappa shape index (κ3) is 4.20. The van der Waals surface area contributed by atoms with Crippen molar-refractivity contribution in [3.8, 4) is 17.2 Å². The van der Waals surface area contributed by atoms with Gasteiger partial charge in [0.15, 0.2) is 5.78 Å². The number of phenolic OH excluding ortho intramolecular Hbond substituents is 3. The molecule has 184 valence electrons. The van der Waals surface area contributed by atoms with E-state index in [1.54, 1.807) is 13.0 Å². The summed E-state index contributed by atoms with van der Waals surface area (Å²) in [5.74, 6) is -4.61. The maximum absolute atomic E-state index is 13.3. The minimum absolute atomic E-state index is 0.0181. The van der Waals surface area contributed by atoms with Gasteiger partial charge in [-0.05, 0) is 43.2 Å². The highest BCUT2D eigenvalue weighted by molar-refractivity contribution is 6.32. The first-order valence-electron chi connectivity index (χ1n) is 11.0. The number of aryl methyl sites for hydroxylation is 1. The topological polar surface area (TPSA) is 173 Å². The molecule has 10 heteroatoms. The zero-order valence-electron chi connectivity index (χ0n) is 19.1. The monoisotopic (exact) mass is 490 g/mol. The van der Waals surface area contributed by atoms with Gasteiger partial charge >= 0.3 is 5.97 Å². The summed E-state index contributed by atoms with van der Waals surface area (Å²) < 4.78 is 0. The number of carboxylic acid groups (broad SMARTS) is 1. The molecule has 10 nitrogen and oxygen atoms in total. The van der Waals surface area contributed by atoms with Gasteiger partial charge in [-0.1, -0.05) is 12.1 Å². The Hall–Kier alpha value is -4.86. The van der Waals surface area contributed by atoms with Crippen molar-refractivity contribution < 1.29 is 39.6 Å². The number of nitrogens with one attached hydrogen (secondary N) is 2. The minimum atomic E-state index is -1.22. The number of phenols is 3. The van der Waals surface area contributed by atoms with Crippen LogP contribution in [0.5, 0.6) is 17.2 Å². The summed E-state index contributed by atoms with van der Waals surface area (Å²) >= 11 is 0. The molecule has 3 aromatic carbocycles. The molecule has 0 bridgehead atoms. The zero-order chi connectivity index (χ0) is 26.1. The van der Waals surface area contributed by atoms with Gasteiger partial charge in [-0.15, -0.1) is 0 Å². The van der Waals surface area contributed by atoms with Gasteiger partial charge < -0.3 is 31.1 Å². The Morgan fingerprint density at radius 2 is 1.47 bits per heavy atom. The van der Waals surface area contributed by atoms with Crippen LogP contribution in [0.2, 0.25) is 0 Å². The van der Waals surface area contributed by atoms with Gasteiger partial charge in [-0.3, -0.25) is 14.4 Å². The van der Waals surface area contributed by atoms with Crippen molar-refractivity contribution in [2.75, 3.05) is 18.4 Å². The smallest absolute Gasteiger partial charge is 0.336 e. The Labute approximate surface area is 204 Å². The molecule has 0 unspecified atom stereocenters. The number of ketones is 2.